The Bertz CT molecular complexity index is 584. The van der Waals surface area contributed by atoms with Gasteiger partial charge < -0.3 is 15.8 Å². The fourth-order valence-corrected chi connectivity index (χ4v) is 1.70. The first-order valence-corrected chi connectivity index (χ1v) is 5.80. The van der Waals surface area contributed by atoms with Crippen LogP contribution in [0.15, 0.2) is 42.6 Å². The summed E-state index contributed by atoms with van der Waals surface area (Å²) in [7, 11) is 1.62. The molecular weight excluding hydrogens is 242 g/mol. The van der Waals surface area contributed by atoms with Crippen LogP contribution in [0.3, 0.4) is 0 Å². The number of anilines is 2. The van der Waals surface area contributed by atoms with E-state index in [1.165, 1.54) is 6.20 Å². The number of aromatic nitrogens is 1. The van der Waals surface area contributed by atoms with Gasteiger partial charge in [-0.05, 0) is 29.8 Å². The number of nitrogen functional groups attached to an aromatic ring is 1. The van der Waals surface area contributed by atoms with Crippen molar-refractivity contribution in [1.82, 2.24) is 4.98 Å². The predicted octanol–water partition coefficient (Wildman–Crippen LogP) is 2.06. The van der Waals surface area contributed by atoms with Crippen LogP contribution in [0, 0.1) is 0 Å². The number of hydrogen-bond acceptors (Lipinski definition) is 4. The number of rotatable bonds is 4. The molecule has 1 amide bonds. The van der Waals surface area contributed by atoms with Crippen molar-refractivity contribution in [3.63, 3.8) is 0 Å². The van der Waals surface area contributed by atoms with Gasteiger partial charge in [0.25, 0.3) is 5.91 Å². The summed E-state index contributed by atoms with van der Waals surface area (Å²) in [6.45, 7) is 0.495. The largest absolute Gasteiger partial charge is 0.397 e. The monoisotopic (exact) mass is 257 g/mol. The molecule has 0 radical (unpaired) electrons. The summed E-state index contributed by atoms with van der Waals surface area (Å²) >= 11 is 0. The maximum absolute atomic E-state index is 12.0. The van der Waals surface area contributed by atoms with Crippen LogP contribution in [-0.2, 0) is 11.3 Å². The molecule has 0 aliphatic carbocycles. The molecule has 19 heavy (non-hydrogen) atoms. The summed E-state index contributed by atoms with van der Waals surface area (Å²) in [4.78, 5) is 16.0. The smallest absolute Gasteiger partial charge is 0.276 e. The van der Waals surface area contributed by atoms with Gasteiger partial charge in [0, 0.05) is 19.0 Å². The second-order valence-electron chi connectivity index (χ2n) is 4.03. The standard InChI is InChI=1S/C14H15N3O2/c1-19-9-10-4-2-5-11(8-10)17-14(18)13-12(15)6-3-7-16-13/h2-8H,9,15H2,1H3,(H,17,18). The van der Waals surface area contributed by atoms with Gasteiger partial charge in [-0.1, -0.05) is 12.1 Å². The Morgan fingerprint density at radius 2 is 2.21 bits per heavy atom. The van der Waals surface area contributed by atoms with Crippen LogP contribution in [-0.4, -0.2) is 18.0 Å². The van der Waals surface area contributed by atoms with Crippen LogP contribution in [0.25, 0.3) is 0 Å². The summed E-state index contributed by atoms with van der Waals surface area (Å²) in [5.41, 5.74) is 7.95. The van der Waals surface area contributed by atoms with Gasteiger partial charge in [-0.2, -0.15) is 0 Å². The fraction of sp³-hybridized carbons (Fsp3) is 0.143. The second-order valence-corrected chi connectivity index (χ2v) is 4.03. The summed E-state index contributed by atoms with van der Waals surface area (Å²) in [6.07, 6.45) is 1.53. The lowest BCUT2D eigenvalue weighted by Gasteiger charge is -2.08. The van der Waals surface area contributed by atoms with E-state index in [1.54, 1.807) is 25.3 Å². The van der Waals surface area contributed by atoms with E-state index in [9.17, 15) is 4.79 Å². The number of amides is 1. The highest BCUT2D eigenvalue weighted by Gasteiger charge is 2.10. The summed E-state index contributed by atoms with van der Waals surface area (Å²) in [6, 6.07) is 10.8. The van der Waals surface area contributed by atoms with Gasteiger partial charge in [0.1, 0.15) is 0 Å². The van der Waals surface area contributed by atoms with E-state index < -0.39 is 0 Å². The molecule has 0 unspecified atom stereocenters. The highest BCUT2D eigenvalue weighted by molar-refractivity contribution is 6.06. The molecule has 0 saturated heterocycles. The quantitative estimate of drug-likeness (QED) is 0.879. The number of pyridine rings is 1. The molecule has 1 aromatic heterocycles. The maximum Gasteiger partial charge on any atom is 0.276 e. The first-order valence-electron chi connectivity index (χ1n) is 5.80. The molecule has 0 atom stereocenters. The average molecular weight is 257 g/mol. The third-order valence-electron chi connectivity index (χ3n) is 2.55. The molecule has 3 N–H and O–H groups in total. The van der Waals surface area contributed by atoms with E-state index in [-0.39, 0.29) is 11.6 Å². The number of nitrogens with one attached hydrogen (secondary N) is 1. The molecule has 5 nitrogen and oxygen atoms in total. The second kappa shape index (κ2) is 5.97. The average Bonchev–Trinajstić information content (AvgIpc) is 2.40. The van der Waals surface area contributed by atoms with Crippen molar-refractivity contribution in [2.45, 2.75) is 6.61 Å². The van der Waals surface area contributed by atoms with Crippen LogP contribution < -0.4 is 11.1 Å². The zero-order chi connectivity index (χ0) is 13.7. The number of hydrogen-bond donors (Lipinski definition) is 2. The van der Waals surface area contributed by atoms with Gasteiger partial charge in [0.15, 0.2) is 5.69 Å². The molecule has 0 aliphatic heterocycles. The molecule has 0 fully saturated rings. The summed E-state index contributed by atoms with van der Waals surface area (Å²) < 4.78 is 5.05. The van der Waals surface area contributed by atoms with E-state index in [0.717, 1.165) is 5.56 Å². The van der Waals surface area contributed by atoms with Gasteiger partial charge in [0.05, 0.1) is 12.3 Å². The minimum absolute atomic E-state index is 0.222. The van der Waals surface area contributed by atoms with Crippen LogP contribution >= 0.6 is 0 Å². The number of ether oxygens (including phenoxy) is 1. The number of methoxy groups -OCH3 is 1. The number of carbonyl (C=O) groups is 1. The zero-order valence-corrected chi connectivity index (χ0v) is 10.6. The van der Waals surface area contributed by atoms with E-state index in [4.69, 9.17) is 10.5 Å². The van der Waals surface area contributed by atoms with Crippen LogP contribution in [0.5, 0.6) is 0 Å². The predicted molar refractivity (Wildman–Crippen MR) is 73.8 cm³/mol. The third-order valence-corrected chi connectivity index (χ3v) is 2.55. The van der Waals surface area contributed by atoms with Gasteiger partial charge in [-0.3, -0.25) is 4.79 Å². The van der Waals surface area contributed by atoms with Crippen molar-refractivity contribution >= 4 is 17.3 Å². The lowest BCUT2D eigenvalue weighted by molar-refractivity contribution is 0.102. The Morgan fingerprint density at radius 1 is 1.37 bits per heavy atom. The molecule has 0 aliphatic rings. The minimum Gasteiger partial charge on any atom is -0.397 e. The molecule has 0 spiro atoms. The van der Waals surface area contributed by atoms with Crippen molar-refractivity contribution in [1.29, 1.82) is 0 Å². The fourth-order valence-electron chi connectivity index (χ4n) is 1.70. The Kier molecular flexibility index (Phi) is 4.10. The molecule has 2 aromatic rings. The number of nitrogens with two attached hydrogens (primary N) is 1. The molecule has 0 saturated carbocycles. The van der Waals surface area contributed by atoms with Crippen molar-refractivity contribution in [3.8, 4) is 0 Å². The van der Waals surface area contributed by atoms with Crippen LogP contribution in [0.2, 0.25) is 0 Å². The highest BCUT2D eigenvalue weighted by atomic mass is 16.5. The van der Waals surface area contributed by atoms with Gasteiger partial charge in [-0.25, -0.2) is 4.98 Å². The van der Waals surface area contributed by atoms with Crippen molar-refractivity contribution in [2.75, 3.05) is 18.2 Å². The molecule has 0 bridgehead atoms. The van der Waals surface area contributed by atoms with E-state index >= 15 is 0 Å². The van der Waals surface area contributed by atoms with E-state index in [0.29, 0.717) is 18.0 Å². The van der Waals surface area contributed by atoms with Crippen molar-refractivity contribution < 1.29 is 9.53 Å². The van der Waals surface area contributed by atoms with Gasteiger partial charge in [-0.15, -0.1) is 0 Å². The van der Waals surface area contributed by atoms with Gasteiger partial charge >= 0.3 is 0 Å². The third kappa shape index (κ3) is 3.29. The molecular formula is C14H15N3O2. The maximum atomic E-state index is 12.0. The Morgan fingerprint density at radius 3 is 2.95 bits per heavy atom. The van der Waals surface area contributed by atoms with Crippen LogP contribution in [0.4, 0.5) is 11.4 Å². The summed E-state index contributed by atoms with van der Waals surface area (Å²) in [5.74, 6) is -0.326. The topological polar surface area (TPSA) is 77.2 Å². The number of carbonyl (C=O) groups excluding carboxylic acids is 1. The Labute approximate surface area is 111 Å². The molecule has 98 valence electrons. The summed E-state index contributed by atoms with van der Waals surface area (Å²) in [5, 5.41) is 2.76. The molecule has 5 heteroatoms. The molecule has 1 aromatic carbocycles. The molecule has 2 rings (SSSR count). The minimum atomic E-state index is -0.326. The first kappa shape index (κ1) is 13.0. The van der Waals surface area contributed by atoms with Crippen molar-refractivity contribution in [3.05, 3.63) is 53.9 Å². The highest BCUT2D eigenvalue weighted by Crippen LogP contribution is 2.14. The lowest BCUT2D eigenvalue weighted by Crippen LogP contribution is -2.15. The first-order chi connectivity index (χ1) is 9.20. The number of nitrogens with zero attached hydrogens (tertiary/aromatic N) is 1. The lowest BCUT2D eigenvalue weighted by atomic mass is 10.2. The SMILES string of the molecule is COCc1cccc(NC(=O)c2ncccc2N)c1. The van der Waals surface area contributed by atoms with Crippen molar-refractivity contribution in [2.24, 2.45) is 0 Å². The molecule has 1 heterocycles. The van der Waals surface area contributed by atoms with Gasteiger partial charge in [0.2, 0.25) is 0 Å². The van der Waals surface area contributed by atoms with Crippen LogP contribution in [0.1, 0.15) is 16.1 Å². The zero-order valence-electron chi connectivity index (χ0n) is 10.6. The van der Waals surface area contributed by atoms with E-state index in [1.807, 2.05) is 18.2 Å². The Hall–Kier alpha value is -2.40. The Balaban J connectivity index is 2.15. The van der Waals surface area contributed by atoms with E-state index in [2.05, 4.69) is 10.3 Å². The normalized spacial score (nSPS) is 10.2. The number of benzene rings is 1.